The highest BCUT2D eigenvalue weighted by atomic mass is 35.5. The number of para-hydroxylation sites is 1. The Hall–Kier alpha value is -1.98. The molecule has 0 saturated heterocycles. The van der Waals surface area contributed by atoms with Gasteiger partial charge in [-0.2, -0.15) is 0 Å². The zero-order valence-electron chi connectivity index (χ0n) is 12.8. The molecule has 0 radical (unpaired) electrons. The number of benzene rings is 2. The van der Waals surface area contributed by atoms with Crippen LogP contribution in [0.3, 0.4) is 0 Å². The molecule has 0 fully saturated rings. The lowest BCUT2D eigenvalue weighted by molar-refractivity contribution is 0.208. The molecule has 2 aromatic carbocycles. The topological polar surface area (TPSA) is 53.7 Å². The van der Waals surface area contributed by atoms with Crippen LogP contribution in [0.15, 0.2) is 42.5 Å². The van der Waals surface area contributed by atoms with Crippen LogP contribution in [0, 0.1) is 0 Å². The van der Waals surface area contributed by atoms with E-state index in [2.05, 4.69) is 0 Å². The van der Waals surface area contributed by atoms with Crippen LogP contribution in [-0.2, 0) is 0 Å². The van der Waals surface area contributed by atoms with Crippen molar-refractivity contribution in [1.82, 2.24) is 0 Å². The predicted molar refractivity (Wildman–Crippen MR) is 95.9 cm³/mol. The summed E-state index contributed by atoms with van der Waals surface area (Å²) in [6.07, 6.45) is 0. The zero-order chi connectivity index (χ0) is 16.7. The summed E-state index contributed by atoms with van der Waals surface area (Å²) >= 11 is 11.2. The van der Waals surface area contributed by atoms with Crippen molar-refractivity contribution in [3.8, 4) is 17.2 Å². The van der Waals surface area contributed by atoms with Crippen LogP contribution >= 0.6 is 23.8 Å². The first-order chi connectivity index (χ1) is 11.1. The lowest BCUT2D eigenvalue weighted by Gasteiger charge is -2.15. The summed E-state index contributed by atoms with van der Waals surface area (Å²) in [7, 11) is 0. The second-order valence-corrected chi connectivity index (χ2v) is 5.44. The molecule has 0 bridgehead atoms. The summed E-state index contributed by atoms with van der Waals surface area (Å²) < 4.78 is 16.8. The molecule has 122 valence electrons. The molecule has 0 amide bonds. The van der Waals surface area contributed by atoms with Gasteiger partial charge < -0.3 is 19.9 Å². The molecular formula is C17H18ClNO3S. The molecule has 0 aromatic heterocycles. The maximum absolute atomic E-state index is 6.25. The number of rotatable bonds is 8. The van der Waals surface area contributed by atoms with E-state index in [1.165, 1.54) is 0 Å². The number of thiocarbonyl (C=S) groups is 1. The SMILES string of the molecule is CCOc1cc(C(N)=S)cc(Cl)c1OCCOc1ccccc1. The van der Waals surface area contributed by atoms with Crippen molar-refractivity contribution in [2.75, 3.05) is 19.8 Å². The van der Waals surface area contributed by atoms with Crippen molar-refractivity contribution >= 4 is 28.8 Å². The van der Waals surface area contributed by atoms with Crippen LogP contribution < -0.4 is 19.9 Å². The molecule has 2 aromatic rings. The molecule has 23 heavy (non-hydrogen) atoms. The largest absolute Gasteiger partial charge is 0.490 e. The van der Waals surface area contributed by atoms with Crippen LogP contribution in [0.4, 0.5) is 0 Å². The molecule has 2 rings (SSSR count). The molecule has 0 heterocycles. The summed E-state index contributed by atoms with van der Waals surface area (Å²) in [5.74, 6) is 1.77. The molecule has 6 heteroatoms. The van der Waals surface area contributed by atoms with Gasteiger partial charge in [-0.3, -0.25) is 0 Å². The van der Waals surface area contributed by atoms with Gasteiger partial charge in [-0.1, -0.05) is 42.0 Å². The van der Waals surface area contributed by atoms with Gasteiger partial charge in [0.05, 0.1) is 11.6 Å². The lowest BCUT2D eigenvalue weighted by Crippen LogP contribution is -2.12. The highest BCUT2D eigenvalue weighted by molar-refractivity contribution is 7.80. The molecule has 0 spiro atoms. The number of hydrogen-bond donors (Lipinski definition) is 1. The van der Waals surface area contributed by atoms with Gasteiger partial charge >= 0.3 is 0 Å². The third-order valence-corrected chi connectivity index (χ3v) is 3.45. The van der Waals surface area contributed by atoms with Gasteiger partial charge in [0, 0.05) is 5.56 Å². The van der Waals surface area contributed by atoms with Crippen molar-refractivity contribution in [1.29, 1.82) is 0 Å². The Morgan fingerprint density at radius 3 is 2.43 bits per heavy atom. The zero-order valence-corrected chi connectivity index (χ0v) is 14.3. The van der Waals surface area contributed by atoms with E-state index in [1.807, 2.05) is 37.3 Å². The monoisotopic (exact) mass is 351 g/mol. The third-order valence-electron chi connectivity index (χ3n) is 2.94. The first-order valence-corrected chi connectivity index (χ1v) is 7.97. The highest BCUT2D eigenvalue weighted by Crippen LogP contribution is 2.36. The molecule has 2 N–H and O–H groups in total. The first kappa shape index (κ1) is 17.4. The third kappa shape index (κ3) is 5.01. The lowest BCUT2D eigenvalue weighted by atomic mass is 10.2. The fourth-order valence-electron chi connectivity index (χ4n) is 1.93. The Morgan fingerprint density at radius 2 is 1.78 bits per heavy atom. The smallest absolute Gasteiger partial charge is 0.179 e. The first-order valence-electron chi connectivity index (χ1n) is 7.18. The van der Waals surface area contributed by atoms with Crippen LogP contribution in [-0.4, -0.2) is 24.8 Å². The van der Waals surface area contributed by atoms with Gasteiger partial charge in [0.15, 0.2) is 11.5 Å². The van der Waals surface area contributed by atoms with E-state index in [0.29, 0.717) is 41.9 Å². The highest BCUT2D eigenvalue weighted by Gasteiger charge is 2.13. The van der Waals surface area contributed by atoms with Gasteiger partial charge in [0.1, 0.15) is 24.0 Å². The Kier molecular flexibility index (Phi) is 6.50. The molecule has 0 aliphatic heterocycles. The Balaban J connectivity index is 2.02. The Labute approximate surface area is 146 Å². The van der Waals surface area contributed by atoms with E-state index in [9.17, 15) is 0 Å². The van der Waals surface area contributed by atoms with Crippen molar-refractivity contribution in [2.45, 2.75) is 6.92 Å². The van der Waals surface area contributed by atoms with Crippen molar-refractivity contribution < 1.29 is 14.2 Å². The number of nitrogens with two attached hydrogens (primary N) is 1. The molecule has 0 saturated carbocycles. The van der Waals surface area contributed by atoms with E-state index < -0.39 is 0 Å². The minimum absolute atomic E-state index is 0.256. The summed E-state index contributed by atoms with van der Waals surface area (Å²) in [6, 6.07) is 12.9. The van der Waals surface area contributed by atoms with Crippen LogP contribution in [0.2, 0.25) is 5.02 Å². The van der Waals surface area contributed by atoms with E-state index in [0.717, 1.165) is 5.75 Å². The van der Waals surface area contributed by atoms with Gasteiger partial charge in [-0.25, -0.2) is 0 Å². The fourth-order valence-corrected chi connectivity index (χ4v) is 2.32. The molecule has 0 aliphatic carbocycles. The number of halogens is 1. The molecule has 0 unspecified atom stereocenters. The predicted octanol–water partition coefficient (Wildman–Crippen LogP) is 3.83. The molecule has 4 nitrogen and oxygen atoms in total. The summed E-state index contributed by atoms with van der Waals surface area (Å²) in [5.41, 5.74) is 6.28. The second-order valence-electron chi connectivity index (χ2n) is 4.59. The Bertz CT molecular complexity index is 664. The second kappa shape index (κ2) is 8.60. The van der Waals surface area contributed by atoms with Crippen LogP contribution in [0.1, 0.15) is 12.5 Å². The van der Waals surface area contributed by atoms with E-state index >= 15 is 0 Å². The standard InChI is InChI=1S/C17H18ClNO3S/c1-2-20-15-11-12(17(19)23)10-14(18)16(15)22-9-8-21-13-6-4-3-5-7-13/h3-7,10-11H,2,8-9H2,1H3,(H2,19,23). The molecule has 0 aliphatic rings. The minimum atomic E-state index is 0.256. The average Bonchev–Trinajstić information content (AvgIpc) is 2.54. The fraction of sp³-hybridized carbons (Fsp3) is 0.235. The summed E-state index contributed by atoms with van der Waals surface area (Å²) in [6.45, 7) is 3.09. The van der Waals surface area contributed by atoms with Crippen LogP contribution in [0.5, 0.6) is 17.2 Å². The number of ether oxygens (including phenoxy) is 3. The normalized spacial score (nSPS) is 10.2. The van der Waals surface area contributed by atoms with Crippen molar-refractivity contribution in [3.05, 3.63) is 53.1 Å². The van der Waals surface area contributed by atoms with Gasteiger partial charge in [0.25, 0.3) is 0 Å². The van der Waals surface area contributed by atoms with Gasteiger partial charge in [-0.15, -0.1) is 0 Å². The average molecular weight is 352 g/mol. The maximum Gasteiger partial charge on any atom is 0.179 e. The molecular weight excluding hydrogens is 334 g/mol. The van der Waals surface area contributed by atoms with Crippen LogP contribution in [0.25, 0.3) is 0 Å². The van der Waals surface area contributed by atoms with E-state index in [-0.39, 0.29) is 4.99 Å². The summed E-state index contributed by atoms with van der Waals surface area (Å²) in [4.78, 5) is 0.256. The van der Waals surface area contributed by atoms with Crippen molar-refractivity contribution in [3.63, 3.8) is 0 Å². The quantitative estimate of drug-likeness (QED) is 0.578. The van der Waals surface area contributed by atoms with E-state index in [4.69, 9.17) is 43.8 Å². The maximum atomic E-state index is 6.25. The number of hydrogen-bond acceptors (Lipinski definition) is 4. The summed E-state index contributed by atoms with van der Waals surface area (Å²) in [5, 5.41) is 0.401. The van der Waals surface area contributed by atoms with Gasteiger partial charge in [-0.05, 0) is 31.2 Å². The molecule has 0 atom stereocenters. The van der Waals surface area contributed by atoms with Gasteiger partial charge in [0.2, 0.25) is 0 Å². The van der Waals surface area contributed by atoms with E-state index in [1.54, 1.807) is 12.1 Å². The van der Waals surface area contributed by atoms with Crippen molar-refractivity contribution in [2.24, 2.45) is 5.73 Å². The minimum Gasteiger partial charge on any atom is -0.490 e. The Morgan fingerprint density at radius 1 is 1.09 bits per heavy atom.